The number of benzene rings is 3. The lowest BCUT2D eigenvalue weighted by Gasteiger charge is -2.42. The molecule has 15 heteroatoms. The maximum atomic E-state index is 14.8. The van der Waals surface area contributed by atoms with Gasteiger partial charge in [0.05, 0.1) is 13.0 Å². The Labute approximate surface area is 392 Å². The van der Waals surface area contributed by atoms with Crippen molar-refractivity contribution >= 4 is 41.2 Å². The molecule has 1 heterocycles. The van der Waals surface area contributed by atoms with Crippen molar-refractivity contribution in [1.82, 2.24) is 20.0 Å². The standard InChI is InChI=1S/C51H66ClF3N4O7/c1-35(2)44(57(4)47(63)49(3,34-65-6)58(5)48(64)51(53,54)55)45(61)56-42(46(62)59-31-19-20-32-59)33-43(60)66-50(38-23-15-12-16-24-38,40-25-17-18-26-41(40)52)39-29-27-37(28-30-39)36-21-13-10-8-7-9-11-14-22-36/h12,15-18,23-30,35-36,42,44H,7-11,13-14,19-22,31-34H2,1-6H3,(H,56,61)/t42-,44-,49?,50?/m0/s1. The van der Waals surface area contributed by atoms with Gasteiger partial charge in [0.15, 0.2) is 5.60 Å². The first-order valence-corrected chi connectivity index (χ1v) is 23.6. The van der Waals surface area contributed by atoms with Crippen LogP contribution in [0.2, 0.25) is 5.02 Å². The van der Waals surface area contributed by atoms with Crippen LogP contribution in [0, 0.1) is 5.92 Å². The molecule has 2 unspecified atom stereocenters. The summed E-state index contributed by atoms with van der Waals surface area (Å²) in [5.74, 6) is -5.77. The molecule has 4 atom stereocenters. The number of likely N-dealkylation sites (tertiary alicyclic amines) is 1. The summed E-state index contributed by atoms with van der Waals surface area (Å²) in [7, 11) is 3.25. The summed E-state index contributed by atoms with van der Waals surface area (Å²) in [6.45, 7) is 4.53. The number of carbonyl (C=O) groups excluding carboxylic acids is 5. The van der Waals surface area contributed by atoms with Crippen LogP contribution in [0.1, 0.15) is 126 Å². The molecule has 0 radical (unpaired) electrons. The van der Waals surface area contributed by atoms with E-state index in [-0.39, 0.29) is 4.90 Å². The van der Waals surface area contributed by atoms with E-state index in [1.54, 1.807) is 43.0 Å². The molecule has 0 aromatic heterocycles. The van der Waals surface area contributed by atoms with Crippen LogP contribution < -0.4 is 5.32 Å². The van der Waals surface area contributed by atoms with Crippen LogP contribution >= 0.6 is 11.6 Å². The van der Waals surface area contributed by atoms with Crippen LogP contribution in [-0.2, 0) is 39.0 Å². The predicted molar refractivity (Wildman–Crippen MR) is 247 cm³/mol. The van der Waals surface area contributed by atoms with Gasteiger partial charge in [0.1, 0.15) is 17.6 Å². The molecule has 1 saturated heterocycles. The molecular weight excluding hydrogens is 873 g/mol. The minimum absolute atomic E-state index is 0.256. The summed E-state index contributed by atoms with van der Waals surface area (Å²) in [5, 5.41) is 3.07. The quantitative estimate of drug-likeness (QED) is 0.112. The van der Waals surface area contributed by atoms with Gasteiger partial charge in [-0.05, 0) is 56.1 Å². The zero-order valence-corrected chi connectivity index (χ0v) is 39.9. The molecule has 3 aromatic rings. The average Bonchev–Trinajstić information content (AvgIpc) is 3.84. The van der Waals surface area contributed by atoms with E-state index in [4.69, 9.17) is 21.1 Å². The van der Waals surface area contributed by atoms with Gasteiger partial charge in [-0.15, -0.1) is 0 Å². The SMILES string of the molecule is COCC(C)(C(=O)N(C)[C@H](C(=O)N[C@@H](CC(=O)OC(c1ccccc1)(c1ccc(C2CCCCCCCCC2)cc1)c1ccccc1Cl)C(=O)N1CCCC1)C(C)C)N(C)C(=O)C(F)(F)F. The van der Waals surface area contributed by atoms with Gasteiger partial charge in [0, 0.05) is 56.0 Å². The second-order valence-electron chi connectivity index (χ2n) is 18.3. The maximum absolute atomic E-state index is 14.8. The topological polar surface area (TPSA) is 126 Å². The number of ether oxygens (including phenoxy) is 2. The van der Waals surface area contributed by atoms with Gasteiger partial charge in [0.2, 0.25) is 11.8 Å². The average molecular weight is 940 g/mol. The molecule has 1 saturated carbocycles. The van der Waals surface area contributed by atoms with E-state index in [2.05, 4.69) is 17.4 Å². The highest BCUT2D eigenvalue weighted by Crippen LogP contribution is 2.45. The van der Waals surface area contributed by atoms with Crippen molar-refractivity contribution in [1.29, 1.82) is 0 Å². The van der Waals surface area contributed by atoms with E-state index in [1.807, 2.05) is 42.5 Å². The Kier molecular flexibility index (Phi) is 18.3. The highest BCUT2D eigenvalue weighted by Gasteiger charge is 2.52. The number of alkyl halides is 3. The van der Waals surface area contributed by atoms with Crippen molar-refractivity contribution < 1.29 is 46.6 Å². The fourth-order valence-electron chi connectivity index (χ4n) is 9.63. The molecular formula is C51H66ClF3N4O7. The Hall–Kier alpha value is -4.95. The minimum Gasteiger partial charge on any atom is -0.444 e. The van der Waals surface area contributed by atoms with Crippen molar-refractivity contribution in [2.75, 3.05) is 40.9 Å². The molecule has 4 amide bonds. The highest BCUT2D eigenvalue weighted by molar-refractivity contribution is 6.31. The van der Waals surface area contributed by atoms with E-state index in [1.165, 1.54) is 51.8 Å². The molecule has 0 bridgehead atoms. The number of hydrogen-bond acceptors (Lipinski definition) is 7. The van der Waals surface area contributed by atoms with Crippen molar-refractivity contribution in [3.63, 3.8) is 0 Å². The number of esters is 1. The highest BCUT2D eigenvalue weighted by atomic mass is 35.5. The number of methoxy groups -OCH3 is 1. The van der Waals surface area contributed by atoms with Crippen LogP contribution in [-0.4, -0.2) is 109 Å². The lowest BCUT2D eigenvalue weighted by atomic mass is 9.78. The minimum atomic E-state index is -5.30. The lowest BCUT2D eigenvalue weighted by molar-refractivity contribution is -0.193. The zero-order valence-electron chi connectivity index (χ0n) is 39.1. The van der Waals surface area contributed by atoms with Gasteiger partial charge in [-0.2, -0.15) is 13.2 Å². The predicted octanol–water partition coefficient (Wildman–Crippen LogP) is 9.19. The fraction of sp³-hybridized carbons (Fsp3) is 0.549. The fourth-order valence-corrected chi connectivity index (χ4v) is 9.90. The largest absolute Gasteiger partial charge is 0.471 e. The number of carbonyl (C=O) groups is 5. The first kappa shape index (κ1) is 52.0. The lowest BCUT2D eigenvalue weighted by Crippen LogP contribution is -2.65. The van der Waals surface area contributed by atoms with Gasteiger partial charge in [-0.1, -0.05) is 143 Å². The van der Waals surface area contributed by atoms with Gasteiger partial charge in [-0.3, -0.25) is 24.0 Å². The smallest absolute Gasteiger partial charge is 0.444 e. The summed E-state index contributed by atoms with van der Waals surface area (Å²) < 4.78 is 52.8. The number of halogens is 4. The molecule has 1 aliphatic carbocycles. The molecule has 1 aliphatic heterocycles. The van der Waals surface area contributed by atoms with E-state index in [9.17, 15) is 37.1 Å². The second-order valence-corrected chi connectivity index (χ2v) is 18.8. The van der Waals surface area contributed by atoms with Crippen LogP contribution in [0.25, 0.3) is 0 Å². The molecule has 360 valence electrons. The number of nitrogens with zero attached hydrogens (tertiary/aromatic N) is 3. The van der Waals surface area contributed by atoms with Crippen molar-refractivity contribution in [2.24, 2.45) is 5.92 Å². The van der Waals surface area contributed by atoms with Crippen LogP contribution in [0.5, 0.6) is 0 Å². The Morgan fingerprint density at radius 3 is 1.86 bits per heavy atom. The monoisotopic (exact) mass is 938 g/mol. The summed E-state index contributed by atoms with van der Waals surface area (Å²) in [5.41, 5.74) is -0.901. The third kappa shape index (κ3) is 12.1. The summed E-state index contributed by atoms with van der Waals surface area (Å²) in [6, 6.07) is 21.6. The van der Waals surface area contributed by atoms with Gasteiger partial charge < -0.3 is 29.5 Å². The van der Waals surface area contributed by atoms with Crippen LogP contribution in [0.3, 0.4) is 0 Å². The van der Waals surface area contributed by atoms with Crippen LogP contribution in [0.4, 0.5) is 13.2 Å². The Morgan fingerprint density at radius 1 is 0.773 bits per heavy atom. The zero-order chi connectivity index (χ0) is 48.2. The molecule has 3 aromatic carbocycles. The van der Waals surface area contributed by atoms with Crippen molar-refractivity contribution in [3.05, 3.63) is 106 Å². The summed E-state index contributed by atoms with van der Waals surface area (Å²) >= 11 is 7.02. The molecule has 11 nitrogen and oxygen atoms in total. The number of amides is 4. The molecule has 5 rings (SSSR count). The van der Waals surface area contributed by atoms with E-state index >= 15 is 0 Å². The van der Waals surface area contributed by atoms with Gasteiger partial charge >= 0.3 is 18.1 Å². The third-order valence-electron chi connectivity index (χ3n) is 13.3. The molecule has 66 heavy (non-hydrogen) atoms. The molecule has 2 fully saturated rings. The first-order chi connectivity index (χ1) is 31.4. The third-order valence-corrected chi connectivity index (χ3v) is 13.6. The normalized spacial score (nSPS) is 18.0. The molecule has 1 N–H and O–H groups in total. The summed E-state index contributed by atoms with van der Waals surface area (Å²) in [4.78, 5) is 73.0. The van der Waals surface area contributed by atoms with E-state index < -0.39 is 77.9 Å². The Bertz CT molecular complexity index is 2110. The molecule has 0 spiro atoms. The van der Waals surface area contributed by atoms with Gasteiger partial charge in [-0.25, -0.2) is 0 Å². The first-order valence-electron chi connectivity index (χ1n) is 23.2. The number of rotatable bonds is 16. The summed E-state index contributed by atoms with van der Waals surface area (Å²) in [6.07, 6.45) is 6.21. The van der Waals surface area contributed by atoms with Crippen molar-refractivity contribution in [3.8, 4) is 0 Å². The second kappa shape index (κ2) is 23.2. The molecule has 2 aliphatic rings. The van der Waals surface area contributed by atoms with E-state index in [0.29, 0.717) is 53.6 Å². The Balaban J connectivity index is 1.52. The van der Waals surface area contributed by atoms with E-state index in [0.717, 1.165) is 44.6 Å². The number of hydrogen-bond donors (Lipinski definition) is 1. The number of nitrogens with one attached hydrogen (secondary N) is 1. The maximum Gasteiger partial charge on any atom is 0.471 e. The van der Waals surface area contributed by atoms with Crippen molar-refractivity contribution in [2.45, 2.75) is 133 Å². The Morgan fingerprint density at radius 2 is 1.32 bits per heavy atom. The number of likely N-dealkylation sites (N-methyl/N-ethyl adjacent to an activating group) is 2. The van der Waals surface area contributed by atoms with Crippen LogP contribution in [0.15, 0.2) is 78.9 Å². The van der Waals surface area contributed by atoms with Gasteiger partial charge in [0.25, 0.3) is 5.91 Å².